The molecule has 1 atom stereocenters. The van der Waals surface area contributed by atoms with E-state index in [1.165, 1.54) is 4.90 Å². The van der Waals surface area contributed by atoms with Crippen LogP contribution in [0.1, 0.15) is 12.0 Å². The smallest absolute Gasteiger partial charge is 0.243 e. The van der Waals surface area contributed by atoms with E-state index in [4.69, 9.17) is 9.47 Å². The Morgan fingerprint density at radius 1 is 1.09 bits per heavy atom. The Kier molecular flexibility index (Phi) is 7.70. The van der Waals surface area contributed by atoms with Gasteiger partial charge in [0.2, 0.25) is 17.7 Å². The van der Waals surface area contributed by atoms with Crippen LogP contribution in [0.15, 0.2) is 48.5 Å². The average molecular weight is 440 g/mol. The number of anilines is 1. The molecular formula is C24H29N3O5. The Hall–Kier alpha value is -3.55. The van der Waals surface area contributed by atoms with Gasteiger partial charge in [-0.2, -0.15) is 0 Å². The molecule has 2 aromatic carbocycles. The molecule has 1 aliphatic rings. The largest absolute Gasteiger partial charge is 0.493 e. The number of nitrogens with one attached hydrogen (secondary N) is 1. The quantitative estimate of drug-likeness (QED) is 0.647. The highest BCUT2D eigenvalue weighted by Crippen LogP contribution is 2.28. The number of methoxy groups -OCH3 is 2. The van der Waals surface area contributed by atoms with Gasteiger partial charge in [0.15, 0.2) is 11.5 Å². The molecule has 1 aliphatic heterocycles. The molecule has 0 saturated carbocycles. The van der Waals surface area contributed by atoms with E-state index in [1.807, 2.05) is 36.4 Å². The summed E-state index contributed by atoms with van der Waals surface area (Å²) < 4.78 is 10.6. The Balaban J connectivity index is 1.50. The van der Waals surface area contributed by atoms with Crippen molar-refractivity contribution in [3.63, 3.8) is 0 Å². The number of para-hydroxylation sites is 1. The van der Waals surface area contributed by atoms with E-state index in [9.17, 15) is 14.4 Å². The van der Waals surface area contributed by atoms with Crippen molar-refractivity contribution in [2.75, 3.05) is 46.2 Å². The average Bonchev–Trinajstić information content (AvgIpc) is 3.17. The van der Waals surface area contributed by atoms with Gasteiger partial charge in [-0.25, -0.2) is 0 Å². The summed E-state index contributed by atoms with van der Waals surface area (Å²) in [7, 11) is 4.75. The van der Waals surface area contributed by atoms with E-state index in [0.717, 1.165) is 5.56 Å². The molecule has 3 amide bonds. The van der Waals surface area contributed by atoms with Crippen LogP contribution in [0.2, 0.25) is 0 Å². The van der Waals surface area contributed by atoms with Crippen LogP contribution in [0.5, 0.6) is 11.5 Å². The van der Waals surface area contributed by atoms with Crippen molar-refractivity contribution >= 4 is 23.4 Å². The molecule has 1 heterocycles. The van der Waals surface area contributed by atoms with E-state index in [0.29, 0.717) is 36.7 Å². The van der Waals surface area contributed by atoms with Gasteiger partial charge < -0.3 is 24.6 Å². The molecule has 0 aliphatic carbocycles. The number of hydrogen-bond acceptors (Lipinski definition) is 5. The molecule has 0 bridgehead atoms. The number of rotatable bonds is 9. The third-order valence-electron chi connectivity index (χ3n) is 5.50. The lowest BCUT2D eigenvalue weighted by Gasteiger charge is -2.21. The number of carbonyl (C=O) groups is 3. The van der Waals surface area contributed by atoms with Gasteiger partial charge in [0.05, 0.1) is 26.7 Å². The number of hydrogen-bond donors (Lipinski definition) is 1. The van der Waals surface area contributed by atoms with Crippen LogP contribution < -0.4 is 14.8 Å². The van der Waals surface area contributed by atoms with Gasteiger partial charge in [0.1, 0.15) is 0 Å². The molecule has 8 heteroatoms. The van der Waals surface area contributed by atoms with Crippen molar-refractivity contribution in [2.24, 2.45) is 5.92 Å². The fourth-order valence-corrected chi connectivity index (χ4v) is 3.78. The summed E-state index contributed by atoms with van der Waals surface area (Å²) in [6, 6.07) is 14.7. The Bertz CT molecular complexity index is 963. The van der Waals surface area contributed by atoms with Gasteiger partial charge in [0, 0.05) is 32.2 Å². The second-order valence-electron chi connectivity index (χ2n) is 7.79. The lowest BCUT2D eigenvalue weighted by atomic mass is 10.1. The van der Waals surface area contributed by atoms with E-state index >= 15 is 0 Å². The summed E-state index contributed by atoms with van der Waals surface area (Å²) in [6.45, 7) is 0.802. The molecule has 1 N–H and O–H groups in total. The summed E-state index contributed by atoms with van der Waals surface area (Å²) in [5.74, 6) is 0.324. The predicted octanol–water partition coefficient (Wildman–Crippen LogP) is 2.19. The van der Waals surface area contributed by atoms with Crippen LogP contribution in [0.4, 0.5) is 5.69 Å². The highest BCUT2D eigenvalue weighted by molar-refractivity contribution is 5.96. The molecule has 2 aromatic rings. The topological polar surface area (TPSA) is 88.2 Å². The fourth-order valence-electron chi connectivity index (χ4n) is 3.78. The maximum Gasteiger partial charge on any atom is 0.243 e. The zero-order chi connectivity index (χ0) is 23.1. The minimum Gasteiger partial charge on any atom is -0.493 e. The van der Waals surface area contributed by atoms with E-state index in [2.05, 4.69) is 5.32 Å². The van der Waals surface area contributed by atoms with Crippen LogP contribution in [0, 0.1) is 5.92 Å². The van der Waals surface area contributed by atoms with Crippen LogP contribution in [-0.4, -0.2) is 68.4 Å². The van der Waals surface area contributed by atoms with Gasteiger partial charge in [0.25, 0.3) is 0 Å². The van der Waals surface area contributed by atoms with Gasteiger partial charge in [-0.05, 0) is 36.2 Å². The first-order valence-electron chi connectivity index (χ1n) is 10.5. The molecule has 170 valence electrons. The minimum atomic E-state index is -0.442. The Labute approximate surface area is 188 Å². The highest BCUT2D eigenvalue weighted by Gasteiger charge is 2.35. The van der Waals surface area contributed by atoms with Gasteiger partial charge >= 0.3 is 0 Å². The number of ether oxygens (including phenoxy) is 2. The lowest BCUT2D eigenvalue weighted by Crippen LogP contribution is -2.39. The summed E-state index contributed by atoms with van der Waals surface area (Å²) in [6.07, 6.45) is 0.803. The first-order valence-corrected chi connectivity index (χ1v) is 10.5. The van der Waals surface area contributed by atoms with Crippen molar-refractivity contribution in [2.45, 2.75) is 12.8 Å². The van der Waals surface area contributed by atoms with Crippen LogP contribution >= 0.6 is 0 Å². The molecule has 1 saturated heterocycles. The van der Waals surface area contributed by atoms with Crippen molar-refractivity contribution in [3.8, 4) is 11.5 Å². The van der Waals surface area contributed by atoms with E-state index in [1.54, 1.807) is 38.3 Å². The number of likely N-dealkylation sites (N-methyl/N-ethyl adjacent to an activating group) is 1. The van der Waals surface area contributed by atoms with Crippen molar-refractivity contribution in [3.05, 3.63) is 54.1 Å². The SMILES string of the molecule is COc1ccc(CCN2CC(C(=O)N(C)CC(=O)Nc3ccccc3)CC2=O)cc1OC. The third kappa shape index (κ3) is 5.78. The molecule has 3 rings (SSSR count). The molecule has 0 spiro atoms. The molecular weight excluding hydrogens is 410 g/mol. The zero-order valence-corrected chi connectivity index (χ0v) is 18.7. The molecule has 1 unspecified atom stereocenters. The zero-order valence-electron chi connectivity index (χ0n) is 18.7. The van der Waals surface area contributed by atoms with Gasteiger partial charge in [-0.1, -0.05) is 24.3 Å². The monoisotopic (exact) mass is 439 g/mol. The van der Waals surface area contributed by atoms with Crippen LogP contribution in [-0.2, 0) is 20.8 Å². The van der Waals surface area contributed by atoms with Crippen LogP contribution in [0.25, 0.3) is 0 Å². The second kappa shape index (κ2) is 10.7. The van der Waals surface area contributed by atoms with Crippen molar-refractivity contribution in [1.29, 1.82) is 0 Å². The summed E-state index contributed by atoms with van der Waals surface area (Å²) in [4.78, 5) is 40.6. The first-order chi connectivity index (χ1) is 15.4. The summed E-state index contributed by atoms with van der Waals surface area (Å²) in [5.41, 5.74) is 1.69. The summed E-state index contributed by atoms with van der Waals surface area (Å²) in [5, 5.41) is 2.76. The third-order valence-corrected chi connectivity index (χ3v) is 5.50. The standard InChI is InChI=1S/C24H29N3O5/c1-26(16-22(28)25-19-7-5-4-6-8-19)24(30)18-14-23(29)27(15-18)12-11-17-9-10-20(31-2)21(13-17)32-3/h4-10,13,18H,11-12,14-16H2,1-3H3,(H,25,28). The minimum absolute atomic E-state index is 0.0500. The maximum atomic E-state index is 12.8. The molecule has 0 radical (unpaired) electrons. The van der Waals surface area contributed by atoms with Crippen molar-refractivity contribution < 1.29 is 23.9 Å². The molecule has 1 fully saturated rings. The second-order valence-corrected chi connectivity index (χ2v) is 7.79. The normalized spacial score (nSPS) is 15.4. The lowest BCUT2D eigenvalue weighted by molar-refractivity contribution is -0.137. The number of nitrogens with zero attached hydrogens (tertiary/aromatic N) is 2. The van der Waals surface area contributed by atoms with Crippen LogP contribution in [0.3, 0.4) is 0 Å². The molecule has 8 nitrogen and oxygen atoms in total. The molecule has 32 heavy (non-hydrogen) atoms. The number of carbonyl (C=O) groups excluding carboxylic acids is 3. The number of benzene rings is 2. The Morgan fingerprint density at radius 2 is 1.81 bits per heavy atom. The van der Waals surface area contributed by atoms with Crippen molar-refractivity contribution in [1.82, 2.24) is 9.80 Å². The predicted molar refractivity (Wildman–Crippen MR) is 121 cm³/mol. The van der Waals surface area contributed by atoms with Gasteiger partial charge in [-0.3, -0.25) is 14.4 Å². The fraction of sp³-hybridized carbons (Fsp3) is 0.375. The number of likely N-dealkylation sites (tertiary alicyclic amines) is 1. The first kappa shape index (κ1) is 23.1. The molecule has 0 aromatic heterocycles. The van der Waals surface area contributed by atoms with E-state index in [-0.39, 0.29) is 30.7 Å². The van der Waals surface area contributed by atoms with Gasteiger partial charge in [-0.15, -0.1) is 0 Å². The van der Waals surface area contributed by atoms with E-state index < -0.39 is 5.92 Å². The Morgan fingerprint density at radius 3 is 2.50 bits per heavy atom. The summed E-state index contributed by atoms with van der Waals surface area (Å²) >= 11 is 0. The maximum absolute atomic E-state index is 12.8. The highest BCUT2D eigenvalue weighted by atomic mass is 16.5. The number of amides is 3.